The van der Waals surface area contributed by atoms with E-state index < -0.39 is 5.41 Å². The molecule has 4 rings (SSSR count). The number of anilines is 1. The Balaban J connectivity index is 1.56. The summed E-state index contributed by atoms with van der Waals surface area (Å²) >= 11 is 3.46. The molecule has 1 saturated carbocycles. The van der Waals surface area contributed by atoms with Crippen molar-refractivity contribution >= 4 is 27.5 Å². The van der Waals surface area contributed by atoms with Gasteiger partial charge < -0.3 is 14.3 Å². The van der Waals surface area contributed by atoms with Crippen LogP contribution in [0, 0.1) is 6.92 Å². The Morgan fingerprint density at radius 3 is 2.75 bits per heavy atom. The summed E-state index contributed by atoms with van der Waals surface area (Å²) in [7, 11) is 0. The standard InChI is InChI=1S/C18H15BrN2O3/c1-11-9-12(4-5-13(11)19)20-17(22)18(6-7-18)16-10-15(24-21-16)14-3-2-8-23-14/h2-5,8-10H,6-7H2,1H3,(H,20,22). The summed E-state index contributed by atoms with van der Waals surface area (Å²) in [6, 6.07) is 11.1. The van der Waals surface area contributed by atoms with Crippen LogP contribution in [0.15, 0.2) is 56.1 Å². The number of nitrogens with zero attached hydrogens (tertiary/aromatic N) is 1. The number of hydrogen-bond acceptors (Lipinski definition) is 4. The maximum atomic E-state index is 12.8. The molecule has 0 atom stereocenters. The second-order valence-electron chi connectivity index (χ2n) is 6.05. The summed E-state index contributed by atoms with van der Waals surface area (Å²) in [4.78, 5) is 12.8. The fourth-order valence-corrected chi connectivity index (χ4v) is 2.98. The zero-order chi connectivity index (χ0) is 16.7. The van der Waals surface area contributed by atoms with E-state index in [1.807, 2.05) is 25.1 Å². The number of amides is 1. The van der Waals surface area contributed by atoms with E-state index in [2.05, 4.69) is 26.4 Å². The average molecular weight is 387 g/mol. The van der Waals surface area contributed by atoms with Gasteiger partial charge >= 0.3 is 0 Å². The molecule has 6 heteroatoms. The van der Waals surface area contributed by atoms with E-state index in [0.29, 0.717) is 17.2 Å². The van der Waals surface area contributed by atoms with Crippen LogP contribution < -0.4 is 5.32 Å². The minimum absolute atomic E-state index is 0.0523. The van der Waals surface area contributed by atoms with Crippen molar-refractivity contribution in [3.05, 3.63) is 58.4 Å². The van der Waals surface area contributed by atoms with E-state index in [-0.39, 0.29) is 5.91 Å². The van der Waals surface area contributed by atoms with E-state index in [1.165, 1.54) is 0 Å². The maximum Gasteiger partial charge on any atom is 0.236 e. The lowest BCUT2D eigenvalue weighted by Crippen LogP contribution is -2.28. The third kappa shape index (κ3) is 2.57. The minimum Gasteiger partial charge on any atom is -0.461 e. The number of rotatable bonds is 4. The molecule has 0 unspecified atom stereocenters. The van der Waals surface area contributed by atoms with E-state index >= 15 is 0 Å². The normalized spacial score (nSPS) is 15.2. The summed E-state index contributed by atoms with van der Waals surface area (Å²) in [6.45, 7) is 1.99. The number of hydrogen-bond donors (Lipinski definition) is 1. The highest BCUT2D eigenvalue weighted by Gasteiger charge is 2.54. The number of halogens is 1. The molecule has 0 bridgehead atoms. The fourth-order valence-electron chi connectivity index (χ4n) is 2.73. The Morgan fingerprint density at radius 1 is 1.25 bits per heavy atom. The molecule has 2 aromatic heterocycles. The Bertz CT molecular complexity index is 895. The SMILES string of the molecule is Cc1cc(NC(=O)C2(c3cc(-c4ccco4)on3)CC2)ccc1Br. The van der Waals surface area contributed by atoms with Gasteiger partial charge in [-0.05, 0) is 55.7 Å². The van der Waals surface area contributed by atoms with Crippen LogP contribution in [0.4, 0.5) is 5.69 Å². The quantitative estimate of drug-likeness (QED) is 0.706. The zero-order valence-electron chi connectivity index (χ0n) is 13.0. The van der Waals surface area contributed by atoms with Gasteiger partial charge in [-0.15, -0.1) is 0 Å². The topological polar surface area (TPSA) is 68.3 Å². The third-order valence-electron chi connectivity index (χ3n) is 4.36. The highest BCUT2D eigenvalue weighted by atomic mass is 79.9. The molecule has 1 N–H and O–H groups in total. The van der Waals surface area contributed by atoms with E-state index in [4.69, 9.17) is 8.94 Å². The monoisotopic (exact) mass is 386 g/mol. The predicted octanol–water partition coefficient (Wildman–Crippen LogP) is 4.68. The molecule has 1 amide bonds. The van der Waals surface area contributed by atoms with Crippen molar-refractivity contribution in [2.24, 2.45) is 0 Å². The number of benzene rings is 1. The second kappa shape index (κ2) is 5.63. The first-order chi connectivity index (χ1) is 11.6. The second-order valence-corrected chi connectivity index (χ2v) is 6.91. The van der Waals surface area contributed by atoms with E-state index in [0.717, 1.165) is 28.6 Å². The molecule has 1 fully saturated rings. The Labute approximate surface area is 147 Å². The molecule has 0 aliphatic heterocycles. The summed E-state index contributed by atoms with van der Waals surface area (Å²) in [5, 5.41) is 7.09. The summed E-state index contributed by atoms with van der Waals surface area (Å²) < 4.78 is 11.7. The van der Waals surface area contributed by atoms with E-state index in [1.54, 1.807) is 24.5 Å². The molecule has 2 heterocycles. The van der Waals surface area contributed by atoms with Gasteiger partial charge in [0, 0.05) is 16.2 Å². The number of carbonyl (C=O) groups excluding carboxylic acids is 1. The van der Waals surface area contributed by atoms with Crippen molar-refractivity contribution < 1.29 is 13.7 Å². The summed E-state index contributed by atoms with van der Waals surface area (Å²) in [5.74, 6) is 1.09. The molecule has 1 aliphatic rings. The molecule has 0 spiro atoms. The predicted molar refractivity (Wildman–Crippen MR) is 92.6 cm³/mol. The van der Waals surface area contributed by atoms with Gasteiger partial charge in [-0.1, -0.05) is 21.1 Å². The molecule has 0 saturated heterocycles. The number of furan rings is 1. The smallest absolute Gasteiger partial charge is 0.236 e. The minimum atomic E-state index is -0.602. The van der Waals surface area contributed by atoms with Gasteiger partial charge in [-0.3, -0.25) is 4.79 Å². The molecular weight excluding hydrogens is 372 g/mol. The van der Waals surface area contributed by atoms with Gasteiger partial charge in [0.05, 0.1) is 17.4 Å². The van der Waals surface area contributed by atoms with Gasteiger partial charge in [0.15, 0.2) is 5.76 Å². The van der Waals surface area contributed by atoms with Gasteiger partial charge in [0.1, 0.15) is 0 Å². The molecule has 1 aliphatic carbocycles. The van der Waals surface area contributed by atoms with Gasteiger partial charge in [-0.25, -0.2) is 0 Å². The molecule has 24 heavy (non-hydrogen) atoms. The number of carbonyl (C=O) groups is 1. The van der Waals surface area contributed by atoms with Crippen molar-refractivity contribution in [2.45, 2.75) is 25.2 Å². The summed E-state index contributed by atoms with van der Waals surface area (Å²) in [5.41, 5.74) is 1.90. The summed E-state index contributed by atoms with van der Waals surface area (Å²) in [6.07, 6.45) is 3.10. The van der Waals surface area contributed by atoms with Crippen LogP contribution in [-0.4, -0.2) is 11.1 Å². The Kier molecular flexibility index (Phi) is 3.57. The maximum absolute atomic E-state index is 12.8. The van der Waals surface area contributed by atoms with Crippen LogP contribution in [-0.2, 0) is 10.2 Å². The van der Waals surface area contributed by atoms with Gasteiger partial charge in [-0.2, -0.15) is 0 Å². The number of aromatic nitrogens is 1. The van der Waals surface area contributed by atoms with Gasteiger partial charge in [0.25, 0.3) is 0 Å². The molecule has 3 aromatic rings. The highest BCUT2D eigenvalue weighted by Crippen LogP contribution is 2.49. The largest absolute Gasteiger partial charge is 0.461 e. The first-order valence-electron chi connectivity index (χ1n) is 7.67. The van der Waals surface area contributed by atoms with Crippen molar-refractivity contribution in [3.63, 3.8) is 0 Å². The number of nitrogens with one attached hydrogen (secondary N) is 1. The Hall–Kier alpha value is -2.34. The van der Waals surface area contributed by atoms with E-state index in [9.17, 15) is 4.79 Å². The molecule has 1 aromatic carbocycles. The van der Waals surface area contributed by atoms with Crippen molar-refractivity contribution in [1.29, 1.82) is 0 Å². The van der Waals surface area contributed by atoms with Gasteiger partial charge in [0.2, 0.25) is 11.7 Å². The highest BCUT2D eigenvalue weighted by molar-refractivity contribution is 9.10. The average Bonchev–Trinajstić information content (AvgIpc) is 3.00. The van der Waals surface area contributed by atoms with Crippen LogP contribution in [0.5, 0.6) is 0 Å². The molecule has 122 valence electrons. The number of aryl methyl sites for hydroxylation is 1. The lowest BCUT2D eigenvalue weighted by atomic mass is 10.0. The molecular formula is C18H15BrN2O3. The van der Waals surface area contributed by atoms with Crippen LogP contribution in [0.1, 0.15) is 24.1 Å². The zero-order valence-corrected chi connectivity index (χ0v) is 14.6. The van der Waals surface area contributed by atoms with Crippen LogP contribution in [0.3, 0.4) is 0 Å². The van der Waals surface area contributed by atoms with Crippen LogP contribution >= 0.6 is 15.9 Å². The molecule has 5 nitrogen and oxygen atoms in total. The molecule has 0 radical (unpaired) electrons. The van der Waals surface area contributed by atoms with Crippen LogP contribution in [0.2, 0.25) is 0 Å². The first kappa shape index (κ1) is 15.2. The lowest BCUT2D eigenvalue weighted by Gasteiger charge is -2.13. The third-order valence-corrected chi connectivity index (χ3v) is 5.25. The first-order valence-corrected chi connectivity index (χ1v) is 8.46. The van der Waals surface area contributed by atoms with Crippen molar-refractivity contribution in [2.75, 3.05) is 5.32 Å². The lowest BCUT2D eigenvalue weighted by molar-refractivity contribution is -0.118. The fraction of sp³-hybridized carbons (Fsp3) is 0.222. The van der Waals surface area contributed by atoms with Crippen LogP contribution in [0.25, 0.3) is 11.5 Å². The van der Waals surface area contributed by atoms with Crippen molar-refractivity contribution in [1.82, 2.24) is 5.16 Å². The Morgan fingerprint density at radius 2 is 2.08 bits per heavy atom. The van der Waals surface area contributed by atoms with Crippen molar-refractivity contribution in [3.8, 4) is 11.5 Å².